The van der Waals surface area contributed by atoms with Gasteiger partial charge in [-0.05, 0) is 43.9 Å². The Morgan fingerprint density at radius 2 is 1.64 bits per heavy atom. The van der Waals surface area contributed by atoms with E-state index in [4.69, 9.17) is 10.00 Å². The van der Waals surface area contributed by atoms with Crippen LogP contribution in [0.2, 0.25) is 0 Å². The fourth-order valence-corrected chi connectivity index (χ4v) is 2.43. The van der Waals surface area contributed by atoms with Gasteiger partial charge in [-0.3, -0.25) is 0 Å². The van der Waals surface area contributed by atoms with Gasteiger partial charge in [-0.15, -0.1) is 0 Å². The Bertz CT molecular complexity index is 675. The first-order valence-electron chi connectivity index (χ1n) is 8.04. The number of rotatable bonds is 4. The van der Waals surface area contributed by atoms with Crippen LogP contribution in [0.15, 0.2) is 24.3 Å². The molecule has 2 N–H and O–H groups in total. The minimum absolute atomic E-state index is 0.0663. The molecular formula is C19H26N2O4. The molecule has 1 atom stereocenters. The van der Waals surface area contributed by atoms with Crippen molar-refractivity contribution in [2.75, 3.05) is 0 Å². The lowest BCUT2D eigenvalue weighted by Crippen LogP contribution is -2.64. The van der Waals surface area contributed by atoms with Crippen LogP contribution in [0.25, 0.3) is 0 Å². The molecule has 0 fully saturated rings. The quantitative estimate of drug-likeness (QED) is 0.869. The maximum absolute atomic E-state index is 12.3. The van der Waals surface area contributed by atoms with Crippen LogP contribution >= 0.6 is 0 Å². The molecule has 0 aliphatic rings. The van der Waals surface area contributed by atoms with Gasteiger partial charge in [0.05, 0.1) is 11.6 Å². The van der Waals surface area contributed by atoms with Gasteiger partial charge < -0.3 is 15.2 Å². The van der Waals surface area contributed by atoms with Gasteiger partial charge in [-0.2, -0.15) is 5.26 Å². The molecule has 6 nitrogen and oxygen atoms in total. The minimum atomic E-state index is -1.57. The molecule has 1 aromatic carbocycles. The maximum atomic E-state index is 12.3. The second-order valence-corrected chi connectivity index (χ2v) is 8.07. The van der Waals surface area contributed by atoms with Crippen molar-refractivity contribution < 1.29 is 19.4 Å². The number of nitrogens with zero attached hydrogens (tertiary/aromatic N) is 1. The Morgan fingerprint density at radius 3 is 2.00 bits per heavy atom. The lowest BCUT2D eigenvalue weighted by Gasteiger charge is -2.42. The van der Waals surface area contributed by atoms with E-state index in [2.05, 4.69) is 5.32 Å². The highest BCUT2D eigenvalue weighted by Gasteiger charge is 2.50. The van der Waals surface area contributed by atoms with E-state index in [-0.39, 0.29) is 6.42 Å². The summed E-state index contributed by atoms with van der Waals surface area (Å²) in [5.41, 5.74) is -1.90. The Morgan fingerprint density at radius 1 is 1.12 bits per heavy atom. The first-order chi connectivity index (χ1) is 11.3. The predicted molar refractivity (Wildman–Crippen MR) is 94.1 cm³/mol. The Kier molecular flexibility index (Phi) is 5.85. The van der Waals surface area contributed by atoms with Gasteiger partial charge >= 0.3 is 12.1 Å². The van der Waals surface area contributed by atoms with Gasteiger partial charge in [0.25, 0.3) is 0 Å². The third-order valence-corrected chi connectivity index (χ3v) is 3.91. The van der Waals surface area contributed by atoms with Gasteiger partial charge in [0, 0.05) is 6.42 Å². The predicted octanol–water partition coefficient (Wildman–Crippen LogP) is 3.49. The molecule has 0 heterocycles. The van der Waals surface area contributed by atoms with Crippen LogP contribution in [0.3, 0.4) is 0 Å². The summed E-state index contributed by atoms with van der Waals surface area (Å²) in [6.07, 6.45) is -0.713. The van der Waals surface area contributed by atoms with Crippen molar-refractivity contribution in [1.29, 1.82) is 5.26 Å². The maximum Gasteiger partial charge on any atom is 0.408 e. The van der Waals surface area contributed by atoms with Crippen LogP contribution in [0.5, 0.6) is 0 Å². The topological polar surface area (TPSA) is 99.4 Å². The van der Waals surface area contributed by atoms with Crippen LogP contribution in [0, 0.1) is 16.7 Å². The number of carboxylic acids is 1. The third-order valence-electron chi connectivity index (χ3n) is 3.91. The van der Waals surface area contributed by atoms with Gasteiger partial charge in [-0.25, -0.2) is 9.59 Å². The van der Waals surface area contributed by atoms with E-state index in [1.165, 1.54) is 0 Å². The molecular weight excluding hydrogens is 320 g/mol. The average molecular weight is 346 g/mol. The smallest absolute Gasteiger partial charge is 0.408 e. The zero-order chi connectivity index (χ0) is 19.5. The number of amides is 1. The van der Waals surface area contributed by atoms with Crippen molar-refractivity contribution in [1.82, 2.24) is 5.32 Å². The van der Waals surface area contributed by atoms with Gasteiger partial charge in [0.15, 0.2) is 0 Å². The van der Waals surface area contributed by atoms with Crippen LogP contribution in [0.4, 0.5) is 4.79 Å². The van der Waals surface area contributed by atoms with Crippen LogP contribution in [0.1, 0.15) is 52.7 Å². The van der Waals surface area contributed by atoms with E-state index in [1.807, 2.05) is 6.07 Å². The van der Waals surface area contributed by atoms with E-state index in [0.29, 0.717) is 11.1 Å². The molecule has 1 rings (SSSR count). The Labute approximate surface area is 148 Å². The number of hydrogen-bond donors (Lipinski definition) is 2. The highest BCUT2D eigenvalue weighted by atomic mass is 16.6. The summed E-state index contributed by atoms with van der Waals surface area (Å²) in [7, 11) is 0. The number of ether oxygens (including phenoxy) is 1. The van der Waals surface area contributed by atoms with Crippen molar-refractivity contribution in [3.05, 3.63) is 35.4 Å². The van der Waals surface area contributed by atoms with Gasteiger partial charge in [-0.1, -0.05) is 32.9 Å². The highest BCUT2D eigenvalue weighted by molar-refractivity contribution is 5.86. The summed E-state index contributed by atoms with van der Waals surface area (Å²) in [4.78, 5) is 24.5. The third kappa shape index (κ3) is 5.21. The first kappa shape index (κ1) is 20.5. The number of aliphatic carboxylic acids is 1. The molecule has 0 saturated heterocycles. The normalized spacial score (nSPS) is 14.1. The van der Waals surface area contributed by atoms with Crippen LogP contribution in [-0.2, 0) is 16.0 Å². The molecule has 0 aliphatic carbocycles. The van der Waals surface area contributed by atoms with Crippen LogP contribution in [-0.4, -0.2) is 28.3 Å². The van der Waals surface area contributed by atoms with E-state index >= 15 is 0 Å². The lowest BCUT2D eigenvalue weighted by atomic mass is 9.70. The summed E-state index contributed by atoms with van der Waals surface area (Å²) in [6, 6.07) is 8.65. The molecule has 0 aliphatic heterocycles. The zero-order valence-electron chi connectivity index (χ0n) is 15.6. The molecule has 136 valence electrons. The van der Waals surface area contributed by atoms with Crippen molar-refractivity contribution in [2.24, 2.45) is 5.41 Å². The molecule has 0 saturated carbocycles. The second kappa shape index (κ2) is 7.14. The number of alkyl carbamates (subject to hydrolysis) is 1. The number of carbonyl (C=O) groups is 2. The Hall–Kier alpha value is -2.55. The largest absolute Gasteiger partial charge is 0.479 e. The second-order valence-electron chi connectivity index (χ2n) is 8.07. The van der Waals surface area contributed by atoms with E-state index in [0.717, 1.165) is 0 Å². The summed E-state index contributed by atoms with van der Waals surface area (Å²) in [5.74, 6) is -1.14. The van der Waals surface area contributed by atoms with Gasteiger partial charge in [0.1, 0.15) is 11.1 Å². The summed E-state index contributed by atoms with van der Waals surface area (Å²) in [6.45, 7) is 10.4. The molecule has 1 aromatic rings. The monoisotopic (exact) mass is 346 g/mol. The fourth-order valence-electron chi connectivity index (χ4n) is 2.43. The number of carboxylic acid groups (broad SMARTS) is 1. The number of hydrogen-bond acceptors (Lipinski definition) is 4. The van der Waals surface area contributed by atoms with E-state index in [1.54, 1.807) is 65.8 Å². The number of benzene rings is 1. The number of nitriles is 1. The van der Waals surface area contributed by atoms with Crippen LogP contribution < -0.4 is 5.32 Å². The molecule has 0 unspecified atom stereocenters. The van der Waals surface area contributed by atoms with Gasteiger partial charge in [0.2, 0.25) is 0 Å². The van der Waals surface area contributed by atoms with Crippen molar-refractivity contribution in [3.8, 4) is 6.07 Å². The van der Waals surface area contributed by atoms with E-state index in [9.17, 15) is 14.7 Å². The Balaban J connectivity index is 3.24. The fraction of sp³-hybridized carbons (Fsp3) is 0.526. The lowest BCUT2D eigenvalue weighted by molar-refractivity contribution is -0.150. The first-order valence-corrected chi connectivity index (χ1v) is 8.04. The number of nitrogens with one attached hydrogen (secondary N) is 1. The summed E-state index contributed by atoms with van der Waals surface area (Å²) >= 11 is 0. The zero-order valence-corrected chi connectivity index (χ0v) is 15.6. The standard InChI is InChI=1S/C19H26N2O4/c1-17(2,3)19(15(22)23,21-16(24)25-18(4,5)6)11-13-7-9-14(12-20)10-8-13/h7-10H,11H2,1-6H3,(H,21,24)(H,22,23)/t19-/m0/s1. The van der Waals surface area contributed by atoms with E-state index < -0.39 is 28.6 Å². The number of carbonyl (C=O) groups excluding carboxylic acids is 1. The molecule has 1 amide bonds. The minimum Gasteiger partial charge on any atom is -0.479 e. The highest BCUT2D eigenvalue weighted by Crippen LogP contribution is 2.34. The van der Waals surface area contributed by atoms with Crippen molar-refractivity contribution in [2.45, 2.75) is 59.1 Å². The van der Waals surface area contributed by atoms with Crippen molar-refractivity contribution in [3.63, 3.8) is 0 Å². The SMILES string of the molecule is CC(C)(C)OC(=O)N[C@@](Cc1ccc(C#N)cc1)(C(=O)O)C(C)(C)C. The molecule has 0 radical (unpaired) electrons. The molecule has 0 aromatic heterocycles. The summed E-state index contributed by atoms with van der Waals surface area (Å²) < 4.78 is 5.26. The van der Waals surface area contributed by atoms with Crippen molar-refractivity contribution >= 4 is 12.1 Å². The molecule has 6 heteroatoms. The molecule has 0 bridgehead atoms. The average Bonchev–Trinajstić information content (AvgIpc) is 2.43. The molecule has 0 spiro atoms. The summed E-state index contributed by atoms with van der Waals surface area (Å²) in [5, 5.41) is 21.4. The molecule has 25 heavy (non-hydrogen) atoms.